The van der Waals surface area contributed by atoms with Crippen molar-refractivity contribution in [3.63, 3.8) is 0 Å². The van der Waals surface area contributed by atoms with Crippen LogP contribution in [0.25, 0.3) is 0 Å². The molecule has 0 atom stereocenters. The van der Waals surface area contributed by atoms with Crippen molar-refractivity contribution in [1.82, 2.24) is 4.57 Å². The Hall–Kier alpha value is -2.20. The van der Waals surface area contributed by atoms with Gasteiger partial charge >= 0.3 is 5.92 Å². The molecule has 0 saturated carbocycles. The number of nitrogens with zero attached hydrogens (tertiary/aromatic N) is 1. The predicted octanol–water partition coefficient (Wildman–Crippen LogP) is 2.35. The Balaban J connectivity index is 2.23. The topological polar surface area (TPSA) is 71.3 Å². The minimum Gasteiger partial charge on any atom is -0.390 e. The number of anilines is 1. The number of hydrogen-bond acceptors (Lipinski definition) is 4. The SMILES string of the molecule is O=C(Nc1cc(F)c(=O)n(CCF)c1)c1ccc(C(F)(F)CO)s1. The van der Waals surface area contributed by atoms with Crippen LogP contribution in [0.4, 0.5) is 23.2 Å². The molecule has 0 aliphatic carbocycles. The number of alkyl halides is 3. The van der Waals surface area contributed by atoms with Crippen molar-refractivity contribution in [2.75, 3.05) is 18.6 Å². The number of carbonyl (C=O) groups is 1. The molecule has 0 saturated heterocycles. The quantitative estimate of drug-likeness (QED) is 0.773. The van der Waals surface area contributed by atoms with Gasteiger partial charge in [-0.15, -0.1) is 11.3 Å². The lowest BCUT2D eigenvalue weighted by Crippen LogP contribution is -2.24. The van der Waals surface area contributed by atoms with Gasteiger partial charge in [-0.2, -0.15) is 8.78 Å². The van der Waals surface area contributed by atoms with E-state index in [4.69, 9.17) is 5.11 Å². The van der Waals surface area contributed by atoms with Gasteiger partial charge in [0.15, 0.2) is 5.82 Å². The number of nitrogens with one attached hydrogen (secondary N) is 1. The zero-order valence-corrected chi connectivity index (χ0v) is 12.9. The molecule has 10 heteroatoms. The summed E-state index contributed by atoms with van der Waals surface area (Å²) in [4.78, 5) is 22.8. The molecule has 0 bridgehead atoms. The minimum atomic E-state index is -3.47. The summed E-state index contributed by atoms with van der Waals surface area (Å²) in [5.74, 6) is -5.45. The summed E-state index contributed by atoms with van der Waals surface area (Å²) in [5.41, 5.74) is -1.15. The first-order chi connectivity index (χ1) is 11.3. The molecule has 2 heterocycles. The van der Waals surface area contributed by atoms with Crippen LogP contribution < -0.4 is 10.9 Å². The van der Waals surface area contributed by atoms with E-state index in [-0.39, 0.29) is 17.1 Å². The first-order valence-electron chi connectivity index (χ1n) is 6.65. The van der Waals surface area contributed by atoms with Crippen molar-refractivity contribution in [1.29, 1.82) is 0 Å². The Bertz CT molecular complexity index is 804. The van der Waals surface area contributed by atoms with E-state index in [1.807, 2.05) is 0 Å². The average molecular weight is 364 g/mol. The summed E-state index contributed by atoms with van der Waals surface area (Å²) in [7, 11) is 0. The largest absolute Gasteiger partial charge is 0.390 e. The number of amides is 1. The van der Waals surface area contributed by atoms with E-state index >= 15 is 0 Å². The fourth-order valence-corrected chi connectivity index (χ4v) is 2.72. The molecule has 0 unspecified atom stereocenters. The third kappa shape index (κ3) is 3.82. The Kier molecular flexibility index (Phi) is 5.40. The molecule has 5 nitrogen and oxygen atoms in total. The van der Waals surface area contributed by atoms with Gasteiger partial charge in [0.25, 0.3) is 11.5 Å². The van der Waals surface area contributed by atoms with Crippen molar-refractivity contribution in [2.45, 2.75) is 12.5 Å². The molecule has 0 spiro atoms. The average Bonchev–Trinajstić information content (AvgIpc) is 3.03. The van der Waals surface area contributed by atoms with Crippen LogP contribution in [0.5, 0.6) is 0 Å². The van der Waals surface area contributed by atoms with Gasteiger partial charge in [-0.05, 0) is 12.1 Å². The number of aromatic nitrogens is 1. The highest BCUT2D eigenvalue weighted by Gasteiger charge is 2.33. The smallest absolute Gasteiger partial charge is 0.304 e. The summed E-state index contributed by atoms with van der Waals surface area (Å²) in [6.07, 6.45) is 1.06. The van der Waals surface area contributed by atoms with Crippen LogP contribution in [0.3, 0.4) is 0 Å². The minimum absolute atomic E-state index is 0.0956. The van der Waals surface area contributed by atoms with Gasteiger partial charge in [-0.25, -0.2) is 8.78 Å². The summed E-state index contributed by atoms with van der Waals surface area (Å²) in [5, 5.41) is 10.9. The van der Waals surface area contributed by atoms with Gasteiger partial charge in [0.1, 0.15) is 13.3 Å². The number of pyridine rings is 1. The fourth-order valence-electron chi connectivity index (χ4n) is 1.85. The molecular formula is C14H12F4N2O3S. The van der Waals surface area contributed by atoms with Gasteiger partial charge in [0, 0.05) is 12.3 Å². The lowest BCUT2D eigenvalue weighted by atomic mass is 10.3. The van der Waals surface area contributed by atoms with Crippen molar-refractivity contribution in [2.24, 2.45) is 0 Å². The Morgan fingerprint density at radius 3 is 2.71 bits per heavy atom. The highest BCUT2D eigenvalue weighted by molar-refractivity contribution is 7.14. The molecule has 0 radical (unpaired) electrons. The van der Waals surface area contributed by atoms with E-state index in [1.54, 1.807) is 0 Å². The van der Waals surface area contributed by atoms with Crippen LogP contribution in [0.2, 0.25) is 0 Å². The Morgan fingerprint density at radius 1 is 1.38 bits per heavy atom. The molecular weight excluding hydrogens is 352 g/mol. The van der Waals surface area contributed by atoms with E-state index in [0.29, 0.717) is 11.3 Å². The number of halogens is 4. The number of aliphatic hydroxyl groups is 1. The highest BCUT2D eigenvalue weighted by atomic mass is 32.1. The molecule has 0 aliphatic heterocycles. The summed E-state index contributed by atoms with van der Waals surface area (Å²) in [6, 6.07) is 2.89. The lowest BCUT2D eigenvalue weighted by molar-refractivity contribution is -0.0524. The number of thiophene rings is 1. The van der Waals surface area contributed by atoms with Crippen LogP contribution in [0, 0.1) is 5.82 Å². The Labute approximate surface area is 137 Å². The van der Waals surface area contributed by atoms with Gasteiger partial charge in [-0.3, -0.25) is 9.59 Å². The van der Waals surface area contributed by atoms with E-state index in [9.17, 15) is 27.2 Å². The molecule has 2 N–H and O–H groups in total. The van der Waals surface area contributed by atoms with Crippen molar-refractivity contribution >= 4 is 22.9 Å². The fraction of sp³-hybridized carbons (Fsp3) is 0.286. The van der Waals surface area contributed by atoms with Crippen molar-refractivity contribution < 1.29 is 27.5 Å². The first-order valence-corrected chi connectivity index (χ1v) is 7.46. The van der Waals surface area contributed by atoms with Gasteiger partial charge in [0.2, 0.25) is 0 Å². The predicted molar refractivity (Wildman–Crippen MR) is 79.9 cm³/mol. The second kappa shape index (κ2) is 7.14. The third-order valence-corrected chi connectivity index (χ3v) is 4.21. The molecule has 24 heavy (non-hydrogen) atoms. The normalized spacial score (nSPS) is 11.5. The lowest BCUT2D eigenvalue weighted by Gasteiger charge is -2.10. The van der Waals surface area contributed by atoms with Crippen LogP contribution in [0.15, 0.2) is 29.2 Å². The zero-order chi connectivity index (χ0) is 17.9. The number of aryl methyl sites for hydroxylation is 1. The standard InChI is InChI=1S/C14H12F4N2O3S/c15-3-4-20-6-8(5-9(16)13(20)23)19-12(22)10-1-2-11(24-10)14(17,18)7-21/h1-2,5-6,21H,3-4,7H2,(H,19,22). The van der Waals surface area contributed by atoms with Crippen molar-refractivity contribution in [3.05, 3.63) is 50.3 Å². The van der Waals surface area contributed by atoms with Crippen LogP contribution >= 0.6 is 11.3 Å². The maximum absolute atomic E-state index is 13.5. The summed E-state index contributed by atoms with van der Waals surface area (Å²) < 4.78 is 53.2. The molecule has 130 valence electrons. The number of rotatable bonds is 6. The molecule has 2 aromatic heterocycles. The van der Waals surface area contributed by atoms with Gasteiger partial charge < -0.3 is 15.0 Å². The second-order valence-corrected chi connectivity index (χ2v) is 5.83. The Morgan fingerprint density at radius 2 is 2.08 bits per heavy atom. The van der Waals surface area contributed by atoms with E-state index in [1.165, 1.54) is 0 Å². The van der Waals surface area contributed by atoms with Crippen molar-refractivity contribution in [3.8, 4) is 0 Å². The van der Waals surface area contributed by atoms with Crippen LogP contribution in [0.1, 0.15) is 14.5 Å². The maximum atomic E-state index is 13.5. The molecule has 0 fully saturated rings. The molecule has 2 aromatic rings. The van der Waals surface area contributed by atoms with Gasteiger partial charge in [0.05, 0.1) is 22.0 Å². The zero-order valence-electron chi connectivity index (χ0n) is 12.1. The number of hydrogen-bond donors (Lipinski definition) is 2. The molecule has 1 amide bonds. The maximum Gasteiger partial charge on any atom is 0.304 e. The molecule has 2 rings (SSSR count). The van der Waals surface area contributed by atoms with E-state index < -0.39 is 41.4 Å². The monoisotopic (exact) mass is 364 g/mol. The first kappa shape index (κ1) is 18.1. The second-order valence-electron chi connectivity index (χ2n) is 4.74. The van der Waals surface area contributed by atoms with Crippen LogP contribution in [-0.2, 0) is 12.5 Å². The summed E-state index contributed by atoms with van der Waals surface area (Å²) >= 11 is 0.469. The molecule has 0 aliphatic rings. The van der Waals surface area contributed by atoms with Crippen LogP contribution in [-0.4, -0.2) is 28.9 Å². The van der Waals surface area contributed by atoms with E-state index in [0.717, 1.165) is 29.0 Å². The summed E-state index contributed by atoms with van der Waals surface area (Å²) in [6.45, 7) is -2.68. The number of aliphatic hydroxyl groups excluding tert-OH is 1. The highest BCUT2D eigenvalue weighted by Crippen LogP contribution is 2.33. The molecule has 0 aromatic carbocycles. The third-order valence-electron chi connectivity index (χ3n) is 3.01. The van der Waals surface area contributed by atoms with Gasteiger partial charge in [-0.1, -0.05) is 0 Å². The number of carbonyl (C=O) groups excluding carboxylic acids is 1. The van der Waals surface area contributed by atoms with E-state index in [2.05, 4.69) is 5.32 Å².